The first kappa shape index (κ1) is 28.2. The SMILES string of the molecule is C#CN(C(=O)C(CO)NC(=O)OC(C)(C)C)C(C(=O)Nc1ccc(OC)cc1)c1c(C)cccc1C. The van der Waals surface area contributed by atoms with Crippen molar-refractivity contribution in [2.75, 3.05) is 19.0 Å². The minimum absolute atomic E-state index is 0.465. The van der Waals surface area contributed by atoms with Crippen LogP contribution in [-0.4, -0.2) is 53.3 Å². The van der Waals surface area contributed by atoms with Crippen LogP contribution in [0.2, 0.25) is 0 Å². The first-order valence-corrected chi connectivity index (χ1v) is 11.3. The van der Waals surface area contributed by atoms with Crippen molar-refractivity contribution in [1.82, 2.24) is 10.2 Å². The van der Waals surface area contributed by atoms with E-state index in [-0.39, 0.29) is 0 Å². The Morgan fingerprint density at radius 2 is 1.67 bits per heavy atom. The highest BCUT2D eigenvalue weighted by molar-refractivity contribution is 6.00. The number of anilines is 1. The van der Waals surface area contributed by atoms with Crippen LogP contribution in [0.3, 0.4) is 0 Å². The molecule has 0 aliphatic rings. The molecule has 2 aromatic rings. The first-order valence-electron chi connectivity index (χ1n) is 11.3. The van der Waals surface area contributed by atoms with E-state index in [2.05, 4.69) is 16.7 Å². The number of terminal acetylenes is 1. The van der Waals surface area contributed by atoms with Gasteiger partial charge in [-0.3, -0.25) is 14.5 Å². The second kappa shape index (κ2) is 12.1. The molecule has 0 saturated carbocycles. The van der Waals surface area contributed by atoms with Crippen LogP contribution in [0.4, 0.5) is 10.5 Å². The summed E-state index contributed by atoms with van der Waals surface area (Å²) in [6, 6.07) is 11.7. The van der Waals surface area contributed by atoms with Crippen molar-refractivity contribution in [1.29, 1.82) is 0 Å². The van der Waals surface area contributed by atoms with Gasteiger partial charge in [0.2, 0.25) is 0 Å². The van der Waals surface area contributed by atoms with Gasteiger partial charge in [0, 0.05) is 11.7 Å². The second-order valence-electron chi connectivity index (χ2n) is 9.14. The molecule has 2 atom stereocenters. The molecule has 2 unspecified atom stereocenters. The number of carbonyl (C=O) groups is 3. The van der Waals surface area contributed by atoms with Crippen molar-refractivity contribution >= 4 is 23.6 Å². The van der Waals surface area contributed by atoms with E-state index in [4.69, 9.17) is 15.9 Å². The maximum atomic E-state index is 13.6. The number of carbonyl (C=O) groups excluding carboxylic acids is 3. The van der Waals surface area contributed by atoms with E-state index in [0.29, 0.717) is 17.0 Å². The number of hydrogen-bond donors (Lipinski definition) is 3. The molecule has 0 spiro atoms. The monoisotopic (exact) mass is 495 g/mol. The summed E-state index contributed by atoms with van der Waals surface area (Å²) in [6.07, 6.45) is 4.83. The third-order valence-corrected chi connectivity index (χ3v) is 5.23. The third-order valence-electron chi connectivity index (χ3n) is 5.23. The molecular weight excluding hydrogens is 462 g/mol. The molecule has 0 heterocycles. The number of methoxy groups -OCH3 is 1. The molecule has 192 valence electrons. The number of benzene rings is 2. The fourth-order valence-corrected chi connectivity index (χ4v) is 3.59. The number of aryl methyl sites for hydroxylation is 2. The lowest BCUT2D eigenvalue weighted by molar-refractivity contribution is -0.137. The predicted octanol–water partition coefficient (Wildman–Crippen LogP) is 3.30. The molecule has 0 saturated heterocycles. The first-order chi connectivity index (χ1) is 16.9. The lowest BCUT2D eigenvalue weighted by Gasteiger charge is -2.31. The van der Waals surface area contributed by atoms with Gasteiger partial charge in [-0.1, -0.05) is 24.6 Å². The number of ether oxygens (including phenoxy) is 2. The van der Waals surface area contributed by atoms with Gasteiger partial charge in [-0.05, 0) is 75.6 Å². The third kappa shape index (κ3) is 7.23. The van der Waals surface area contributed by atoms with Gasteiger partial charge in [0.05, 0.1) is 13.7 Å². The number of aliphatic hydroxyl groups is 1. The van der Waals surface area contributed by atoms with Gasteiger partial charge in [0.25, 0.3) is 11.8 Å². The Kier molecular flexibility index (Phi) is 9.47. The molecule has 2 aromatic carbocycles. The summed E-state index contributed by atoms with van der Waals surface area (Å²) in [5.74, 6) is -0.806. The highest BCUT2D eigenvalue weighted by atomic mass is 16.6. The average molecular weight is 496 g/mol. The van der Waals surface area contributed by atoms with E-state index < -0.39 is 42.2 Å². The van der Waals surface area contributed by atoms with Crippen LogP contribution in [0.5, 0.6) is 5.75 Å². The van der Waals surface area contributed by atoms with Crippen molar-refractivity contribution in [3.63, 3.8) is 0 Å². The molecule has 0 fully saturated rings. The average Bonchev–Trinajstić information content (AvgIpc) is 2.80. The fourth-order valence-electron chi connectivity index (χ4n) is 3.59. The fraction of sp³-hybridized carbons (Fsp3) is 0.370. The van der Waals surface area contributed by atoms with Crippen LogP contribution in [-0.2, 0) is 14.3 Å². The van der Waals surface area contributed by atoms with Crippen LogP contribution in [0.1, 0.15) is 43.5 Å². The molecule has 0 aliphatic heterocycles. The minimum atomic E-state index is -1.43. The summed E-state index contributed by atoms with van der Waals surface area (Å²) >= 11 is 0. The van der Waals surface area contributed by atoms with E-state index in [0.717, 1.165) is 16.0 Å². The van der Waals surface area contributed by atoms with E-state index in [1.165, 1.54) is 7.11 Å². The second-order valence-corrected chi connectivity index (χ2v) is 9.14. The van der Waals surface area contributed by atoms with Crippen molar-refractivity contribution in [3.8, 4) is 18.2 Å². The minimum Gasteiger partial charge on any atom is -0.497 e. The van der Waals surface area contributed by atoms with E-state index in [9.17, 15) is 19.5 Å². The number of aliphatic hydroxyl groups excluding tert-OH is 1. The summed E-state index contributed by atoms with van der Waals surface area (Å²) < 4.78 is 10.3. The van der Waals surface area contributed by atoms with E-state index in [1.54, 1.807) is 71.0 Å². The summed E-state index contributed by atoms with van der Waals surface area (Å²) in [7, 11) is 1.53. The van der Waals surface area contributed by atoms with Crippen LogP contribution in [0, 0.1) is 26.3 Å². The lowest BCUT2D eigenvalue weighted by Crippen LogP contribution is -2.52. The molecule has 0 aromatic heterocycles. The van der Waals surface area contributed by atoms with Gasteiger partial charge in [-0.25, -0.2) is 4.79 Å². The van der Waals surface area contributed by atoms with Gasteiger partial charge < -0.3 is 25.2 Å². The summed E-state index contributed by atoms with van der Waals surface area (Å²) in [6.45, 7) is 7.84. The summed E-state index contributed by atoms with van der Waals surface area (Å²) in [5.41, 5.74) is 1.64. The van der Waals surface area contributed by atoms with E-state index in [1.807, 2.05) is 6.07 Å². The molecule has 0 aliphatic carbocycles. The number of nitrogens with zero attached hydrogens (tertiary/aromatic N) is 1. The molecule has 0 bridgehead atoms. The number of amides is 3. The molecule has 0 radical (unpaired) electrons. The standard InChI is InChI=1S/C27H33N3O6/c1-8-30(25(33)21(16-31)29-26(34)36-27(4,5)6)23(22-17(2)10-9-11-18(22)3)24(32)28-19-12-14-20(35-7)15-13-19/h1,9-15,21,23,31H,16H2,2-7H3,(H,28,32)(H,29,34). The molecular formula is C27H33N3O6. The number of alkyl carbamates (subject to hydrolysis) is 1. The smallest absolute Gasteiger partial charge is 0.408 e. The van der Waals surface area contributed by atoms with Gasteiger partial charge in [-0.15, -0.1) is 0 Å². The molecule has 9 heteroatoms. The van der Waals surface area contributed by atoms with Crippen molar-refractivity contribution in [2.45, 2.75) is 52.3 Å². The Morgan fingerprint density at radius 3 is 2.14 bits per heavy atom. The Hall–Kier alpha value is -4.03. The topological polar surface area (TPSA) is 117 Å². The molecule has 2 rings (SSSR count). The van der Waals surface area contributed by atoms with Gasteiger partial charge in [-0.2, -0.15) is 0 Å². The lowest BCUT2D eigenvalue weighted by atomic mass is 9.94. The molecule has 36 heavy (non-hydrogen) atoms. The van der Waals surface area contributed by atoms with E-state index >= 15 is 0 Å². The highest BCUT2D eigenvalue weighted by Crippen LogP contribution is 2.29. The zero-order valence-electron chi connectivity index (χ0n) is 21.4. The van der Waals surface area contributed by atoms with Gasteiger partial charge in [0.1, 0.15) is 23.4 Å². The van der Waals surface area contributed by atoms with Crippen LogP contribution < -0.4 is 15.4 Å². The zero-order valence-corrected chi connectivity index (χ0v) is 21.4. The Bertz CT molecular complexity index is 1110. The molecule has 3 N–H and O–H groups in total. The Balaban J connectivity index is 2.46. The number of nitrogens with one attached hydrogen (secondary N) is 2. The highest BCUT2D eigenvalue weighted by Gasteiger charge is 2.37. The quantitative estimate of drug-likeness (QED) is 0.382. The molecule has 9 nitrogen and oxygen atoms in total. The van der Waals surface area contributed by atoms with Crippen molar-refractivity contribution in [3.05, 3.63) is 59.2 Å². The van der Waals surface area contributed by atoms with Crippen LogP contribution in [0.15, 0.2) is 42.5 Å². The van der Waals surface area contributed by atoms with Gasteiger partial charge >= 0.3 is 6.09 Å². The predicted molar refractivity (Wildman–Crippen MR) is 136 cm³/mol. The van der Waals surface area contributed by atoms with Crippen LogP contribution >= 0.6 is 0 Å². The zero-order chi connectivity index (χ0) is 27.0. The van der Waals surface area contributed by atoms with Crippen molar-refractivity contribution < 1.29 is 29.0 Å². The number of rotatable bonds is 8. The number of hydrogen-bond acceptors (Lipinski definition) is 6. The van der Waals surface area contributed by atoms with Crippen LogP contribution in [0.25, 0.3) is 0 Å². The van der Waals surface area contributed by atoms with Crippen molar-refractivity contribution in [2.24, 2.45) is 0 Å². The Morgan fingerprint density at radius 1 is 1.08 bits per heavy atom. The van der Waals surface area contributed by atoms with Gasteiger partial charge in [0.15, 0.2) is 0 Å². The normalized spacial score (nSPS) is 12.5. The Labute approximate surface area is 211 Å². The maximum Gasteiger partial charge on any atom is 0.408 e. The molecule has 3 amide bonds. The summed E-state index contributed by atoms with van der Waals surface area (Å²) in [5, 5.41) is 15.0. The maximum absolute atomic E-state index is 13.6. The summed E-state index contributed by atoms with van der Waals surface area (Å²) in [4.78, 5) is 40.2. The largest absolute Gasteiger partial charge is 0.497 e.